The molecule has 0 amide bonds. The summed E-state index contributed by atoms with van der Waals surface area (Å²) in [5.74, 6) is 0. The van der Waals surface area contributed by atoms with Gasteiger partial charge in [-0.1, -0.05) is 164 Å². The monoisotopic (exact) mass is 761 g/mol. The van der Waals surface area contributed by atoms with Crippen molar-refractivity contribution in [3.05, 3.63) is 212 Å². The highest BCUT2D eigenvalue weighted by molar-refractivity contribution is 7.26. The Kier molecular flexibility index (Phi) is 8.28. The summed E-state index contributed by atoms with van der Waals surface area (Å²) in [4.78, 5) is 2.49. The minimum absolute atomic E-state index is 1.12. The standard InChI is InChI=1S/C54H35NS2/c1-4-13-36(14-5-1)38-23-25-39(26-24-38)41-19-12-20-43(33-41)55(44-28-32-51-48(35-44)46-29-27-42(34-52(46)56-51)37-15-6-2-7-16-37)49-31-30-45(40-17-8-3-9-18-40)54-53(49)47-21-10-11-22-50(47)57-54/h1-35H. The summed E-state index contributed by atoms with van der Waals surface area (Å²) < 4.78 is 5.18. The Morgan fingerprint density at radius 3 is 1.61 bits per heavy atom. The van der Waals surface area contributed by atoms with Crippen molar-refractivity contribution in [3.63, 3.8) is 0 Å². The minimum Gasteiger partial charge on any atom is -0.310 e. The van der Waals surface area contributed by atoms with Gasteiger partial charge in [0.25, 0.3) is 0 Å². The van der Waals surface area contributed by atoms with Crippen molar-refractivity contribution in [3.8, 4) is 44.5 Å². The highest BCUT2D eigenvalue weighted by Crippen LogP contribution is 2.49. The van der Waals surface area contributed by atoms with E-state index >= 15 is 0 Å². The van der Waals surface area contributed by atoms with Crippen LogP contribution in [-0.2, 0) is 0 Å². The number of nitrogens with zero attached hydrogens (tertiary/aromatic N) is 1. The molecule has 0 bridgehead atoms. The molecule has 0 unspecified atom stereocenters. The average molecular weight is 762 g/mol. The maximum absolute atomic E-state index is 2.49. The molecule has 0 aliphatic heterocycles. The zero-order chi connectivity index (χ0) is 37.7. The number of hydrogen-bond acceptors (Lipinski definition) is 3. The molecule has 268 valence electrons. The zero-order valence-electron chi connectivity index (χ0n) is 31.0. The van der Waals surface area contributed by atoms with E-state index in [9.17, 15) is 0 Å². The van der Waals surface area contributed by atoms with E-state index in [-0.39, 0.29) is 0 Å². The van der Waals surface area contributed by atoms with Gasteiger partial charge in [0, 0.05) is 51.7 Å². The lowest BCUT2D eigenvalue weighted by Crippen LogP contribution is -2.10. The lowest BCUT2D eigenvalue weighted by Gasteiger charge is -2.27. The van der Waals surface area contributed by atoms with Gasteiger partial charge in [-0.15, -0.1) is 22.7 Å². The Labute approximate surface area is 340 Å². The molecule has 0 aliphatic carbocycles. The average Bonchev–Trinajstić information content (AvgIpc) is 3.86. The Balaban J connectivity index is 1.12. The van der Waals surface area contributed by atoms with Crippen LogP contribution in [0.3, 0.4) is 0 Å². The van der Waals surface area contributed by atoms with Crippen LogP contribution in [0.15, 0.2) is 212 Å². The lowest BCUT2D eigenvalue weighted by molar-refractivity contribution is 1.31. The van der Waals surface area contributed by atoms with Crippen molar-refractivity contribution in [2.24, 2.45) is 0 Å². The van der Waals surface area contributed by atoms with Gasteiger partial charge < -0.3 is 4.90 Å². The van der Waals surface area contributed by atoms with Gasteiger partial charge in [-0.3, -0.25) is 0 Å². The van der Waals surface area contributed by atoms with Crippen LogP contribution in [0, 0.1) is 0 Å². The molecule has 1 nitrogen and oxygen atoms in total. The second-order valence-corrected chi connectivity index (χ2v) is 16.6. The van der Waals surface area contributed by atoms with Gasteiger partial charge in [-0.2, -0.15) is 0 Å². The summed E-state index contributed by atoms with van der Waals surface area (Å²) in [6.45, 7) is 0. The fourth-order valence-corrected chi connectivity index (χ4v) is 10.7. The summed E-state index contributed by atoms with van der Waals surface area (Å²) in [7, 11) is 0. The molecule has 11 rings (SSSR count). The molecule has 0 radical (unpaired) electrons. The lowest BCUT2D eigenvalue weighted by atomic mass is 9.98. The topological polar surface area (TPSA) is 3.24 Å². The number of rotatable bonds is 7. The molecule has 0 atom stereocenters. The third kappa shape index (κ3) is 6.00. The molecule has 2 heterocycles. The molecular formula is C54H35NS2. The normalized spacial score (nSPS) is 11.5. The molecule has 2 aromatic heterocycles. The molecule has 0 fully saturated rings. The summed E-state index contributed by atoms with van der Waals surface area (Å²) in [6, 6.07) is 77.6. The Morgan fingerprint density at radius 2 is 0.860 bits per heavy atom. The van der Waals surface area contributed by atoms with E-state index in [1.807, 2.05) is 22.7 Å². The van der Waals surface area contributed by atoms with Crippen molar-refractivity contribution >= 4 is 80.1 Å². The number of thiophene rings is 2. The van der Waals surface area contributed by atoms with E-state index in [4.69, 9.17) is 0 Å². The Morgan fingerprint density at radius 1 is 0.298 bits per heavy atom. The van der Waals surface area contributed by atoms with Crippen LogP contribution in [0.2, 0.25) is 0 Å². The van der Waals surface area contributed by atoms with Crippen LogP contribution >= 0.6 is 22.7 Å². The maximum atomic E-state index is 2.49. The van der Waals surface area contributed by atoms with Gasteiger partial charge in [0.2, 0.25) is 0 Å². The number of hydrogen-bond donors (Lipinski definition) is 0. The van der Waals surface area contributed by atoms with E-state index in [0.717, 1.165) is 11.4 Å². The van der Waals surface area contributed by atoms with E-state index < -0.39 is 0 Å². The first-order chi connectivity index (χ1) is 28.2. The van der Waals surface area contributed by atoms with E-state index in [1.165, 1.54) is 90.5 Å². The van der Waals surface area contributed by atoms with Gasteiger partial charge in [0.15, 0.2) is 0 Å². The first kappa shape index (κ1) is 33.5. The molecule has 0 spiro atoms. The second kappa shape index (κ2) is 14.1. The highest BCUT2D eigenvalue weighted by atomic mass is 32.1. The number of anilines is 3. The van der Waals surface area contributed by atoms with Crippen molar-refractivity contribution in [1.82, 2.24) is 0 Å². The number of benzene rings is 9. The SMILES string of the molecule is c1ccc(-c2ccc(-c3cccc(N(c4ccc5sc6cc(-c7ccccc7)ccc6c5c4)c4ccc(-c5ccccc5)c5sc6ccccc6c45)c3)cc2)cc1. The third-order valence-electron chi connectivity index (χ3n) is 11.1. The quantitative estimate of drug-likeness (QED) is 0.156. The zero-order valence-corrected chi connectivity index (χ0v) is 32.6. The Hall–Kier alpha value is -6.78. The highest BCUT2D eigenvalue weighted by Gasteiger charge is 2.22. The van der Waals surface area contributed by atoms with Crippen LogP contribution in [0.5, 0.6) is 0 Å². The minimum atomic E-state index is 1.12. The van der Waals surface area contributed by atoms with Crippen molar-refractivity contribution in [2.75, 3.05) is 4.90 Å². The molecule has 0 N–H and O–H groups in total. The van der Waals surface area contributed by atoms with Gasteiger partial charge in [-0.05, 0) is 93.0 Å². The Bertz CT molecular complexity index is 3220. The smallest absolute Gasteiger partial charge is 0.0555 e. The van der Waals surface area contributed by atoms with Crippen LogP contribution < -0.4 is 4.90 Å². The predicted molar refractivity (Wildman–Crippen MR) is 249 cm³/mol. The van der Waals surface area contributed by atoms with E-state index in [2.05, 4.69) is 217 Å². The molecule has 57 heavy (non-hydrogen) atoms. The summed E-state index contributed by atoms with van der Waals surface area (Å²) in [6.07, 6.45) is 0. The molecule has 0 saturated carbocycles. The molecule has 0 saturated heterocycles. The van der Waals surface area contributed by atoms with E-state index in [1.54, 1.807) is 0 Å². The fraction of sp³-hybridized carbons (Fsp3) is 0. The molecule has 3 heteroatoms. The summed E-state index contributed by atoms with van der Waals surface area (Å²) in [5, 5.41) is 5.11. The third-order valence-corrected chi connectivity index (χ3v) is 13.4. The van der Waals surface area contributed by atoms with Gasteiger partial charge in [0.05, 0.1) is 5.69 Å². The number of fused-ring (bicyclic) bond motifs is 6. The largest absolute Gasteiger partial charge is 0.310 e. The molecule has 0 aliphatic rings. The maximum Gasteiger partial charge on any atom is 0.0555 e. The second-order valence-electron chi connectivity index (χ2n) is 14.5. The summed E-state index contributed by atoms with van der Waals surface area (Å²) in [5.41, 5.74) is 13.2. The van der Waals surface area contributed by atoms with Crippen LogP contribution in [0.1, 0.15) is 0 Å². The van der Waals surface area contributed by atoms with Crippen molar-refractivity contribution in [1.29, 1.82) is 0 Å². The van der Waals surface area contributed by atoms with Gasteiger partial charge in [-0.25, -0.2) is 0 Å². The molecule has 9 aromatic carbocycles. The molecular weight excluding hydrogens is 727 g/mol. The van der Waals surface area contributed by atoms with Gasteiger partial charge >= 0.3 is 0 Å². The first-order valence-electron chi connectivity index (χ1n) is 19.3. The van der Waals surface area contributed by atoms with E-state index in [0.29, 0.717) is 0 Å². The predicted octanol–water partition coefficient (Wildman–Crippen LogP) is 16.6. The van der Waals surface area contributed by atoms with Crippen molar-refractivity contribution < 1.29 is 0 Å². The summed E-state index contributed by atoms with van der Waals surface area (Å²) >= 11 is 3.76. The first-order valence-corrected chi connectivity index (χ1v) is 21.0. The van der Waals surface area contributed by atoms with Gasteiger partial charge in [0.1, 0.15) is 0 Å². The van der Waals surface area contributed by atoms with Crippen LogP contribution in [0.25, 0.3) is 84.9 Å². The van der Waals surface area contributed by atoms with Crippen LogP contribution in [-0.4, -0.2) is 0 Å². The fourth-order valence-electron chi connectivity index (χ4n) is 8.29. The molecule has 11 aromatic rings. The van der Waals surface area contributed by atoms with Crippen LogP contribution in [0.4, 0.5) is 17.1 Å². The van der Waals surface area contributed by atoms with Crippen molar-refractivity contribution in [2.45, 2.75) is 0 Å².